The summed E-state index contributed by atoms with van der Waals surface area (Å²) in [4.78, 5) is 12.4. The zero-order valence-electron chi connectivity index (χ0n) is 10.3. The maximum atomic E-state index is 5.66. The van der Waals surface area contributed by atoms with E-state index in [1.807, 2.05) is 38.1 Å². The zero-order chi connectivity index (χ0) is 13.0. The minimum atomic E-state index is 0.233. The highest BCUT2D eigenvalue weighted by atomic mass is 32.2. The van der Waals surface area contributed by atoms with E-state index >= 15 is 0 Å². The molecule has 0 unspecified atom stereocenters. The second-order valence-electron chi connectivity index (χ2n) is 3.73. The number of nitrogens with two attached hydrogens (primary N) is 1. The van der Waals surface area contributed by atoms with Crippen LogP contribution in [0, 0.1) is 6.92 Å². The molecule has 5 nitrogen and oxygen atoms in total. The Morgan fingerprint density at radius 2 is 2.11 bits per heavy atom. The topological polar surface area (TPSA) is 76.7 Å². The molecule has 6 heteroatoms. The molecule has 0 radical (unpaired) electrons. The fourth-order valence-electron chi connectivity index (χ4n) is 1.47. The number of anilines is 3. The number of nitrogens with one attached hydrogen (secondary N) is 1. The van der Waals surface area contributed by atoms with Gasteiger partial charge < -0.3 is 11.1 Å². The first-order chi connectivity index (χ1) is 8.67. The van der Waals surface area contributed by atoms with Gasteiger partial charge in [0.25, 0.3) is 0 Å². The molecule has 0 spiro atoms. The molecule has 2 aromatic rings. The van der Waals surface area contributed by atoms with E-state index in [1.54, 1.807) is 0 Å². The summed E-state index contributed by atoms with van der Waals surface area (Å²) in [6.07, 6.45) is 0. The van der Waals surface area contributed by atoms with Crippen LogP contribution in [0.1, 0.15) is 12.5 Å². The van der Waals surface area contributed by atoms with E-state index in [2.05, 4.69) is 20.3 Å². The van der Waals surface area contributed by atoms with E-state index in [9.17, 15) is 0 Å². The van der Waals surface area contributed by atoms with Crippen molar-refractivity contribution in [3.8, 4) is 0 Å². The van der Waals surface area contributed by atoms with E-state index < -0.39 is 0 Å². The van der Waals surface area contributed by atoms with Crippen LogP contribution in [0.3, 0.4) is 0 Å². The third-order valence-corrected chi connectivity index (χ3v) is 2.91. The molecule has 0 fully saturated rings. The van der Waals surface area contributed by atoms with Crippen LogP contribution in [0.5, 0.6) is 0 Å². The number of nitrogen functional groups attached to an aromatic ring is 1. The predicted octanol–water partition coefficient (Wildman–Crippen LogP) is 2.62. The van der Waals surface area contributed by atoms with Crippen LogP contribution in [0.25, 0.3) is 0 Å². The maximum Gasteiger partial charge on any atom is 0.233 e. The van der Waals surface area contributed by atoms with Crippen molar-refractivity contribution in [1.82, 2.24) is 15.0 Å². The minimum absolute atomic E-state index is 0.233. The van der Waals surface area contributed by atoms with Gasteiger partial charge in [-0.05, 0) is 30.4 Å². The maximum absolute atomic E-state index is 5.66. The second kappa shape index (κ2) is 5.68. The Labute approximate surface area is 110 Å². The summed E-state index contributed by atoms with van der Waals surface area (Å²) in [5, 5.41) is 3.77. The Bertz CT molecular complexity index is 544. The van der Waals surface area contributed by atoms with Crippen LogP contribution in [0.2, 0.25) is 0 Å². The minimum Gasteiger partial charge on any atom is -0.368 e. The smallest absolute Gasteiger partial charge is 0.233 e. The van der Waals surface area contributed by atoms with Crippen molar-refractivity contribution in [2.24, 2.45) is 0 Å². The van der Waals surface area contributed by atoms with E-state index in [0.29, 0.717) is 11.1 Å². The van der Waals surface area contributed by atoms with Gasteiger partial charge in [0.05, 0.1) is 0 Å². The van der Waals surface area contributed by atoms with Gasteiger partial charge in [-0.15, -0.1) is 0 Å². The lowest BCUT2D eigenvalue weighted by Crippen LogP contribution is -2.04. The molecule has 0 aliphatic carbocycles. The molecule has 0 bridgehead atoms. The van der Waals surface area contributed by atoms with Crippen LogP contribution < -0.4 is 11.1 Å². The highest BCUT2D eigenvalue weighted by Crippen LogP contribution is 2.18. The van der Waals surface area contributed by atoms with Crippen LogP contribution in [-0.2, 0) is 0 Å². The summed E-state index contributed by atoms with van der Waals surface area (Å²) in [5.74, 6) is 1.60. The van der Waals surface area contributed by atoms with Gasteiger partial charge in [-0.25, -0.2) is 0 Å². The summed E-state index contributed by atoms with van der Waals surface area (Å²) < 4.78 is 0. The fraction of sp³-hybridized carbons (Fsp3) is 0.250. The third-order valence-electron chi connectivity index (χ3n) is 2.18. The third kappa shape index (κ3) is 3.33. The number of thioether (sulfide) groups is 1. The molecule has 0 saturated carbocycles. The number of aromatic nitrogens is 3. The average molecular weight is 261 g/mol. The van der Waals surface area contributed by atoms with E-state index in [-0.39, 0.29) is 5.95 Å². The second-order valence-corrected chi connectivity index (χ2v) is 4.96. The normalized spacial score (nSPS) is 10.3. The first-order valence-electron chi connectivity index (χ1n) is 5.65. The molecule has 94 valence electrons. The van der Waals surface area contributed by atoms with Crippen molar-refractivity contribution >= 4 is 29.3 Å². The quantitative estimate of drug-likeness (QED) is 0.824. The molecule has 1 aromatic carbocycles. The van der Waals surface area contributed by atoms with Crippen molar-refractivity contribution in [3.63, 3.8) is 0 Å². The molecule has 0 amide bonds. The van der Waals surface area contributed by atoms with Crippen molar-refractivity contribution in [2.45, 2.75) is 19.0 Å². The number of rotatable bonds is 4. The zero-order valence-corrected chi connectivity index (χ0v) is 11.2. The van der Waals surface area contributed by atoms with Gasteiger partial charge >= 0.3 is 0 Å². The van der Waals surface area contributed by atoms with Gasteiger partial charge in [0.2, 0.25) is 11.9 Å². The van der Waals surface area contributed by atoms with Crippen LogP contribution in [-0.4, -0.2) is 20.7 Å². The van der Waals surface area contributed by atoms with Crippen molar-refractivity contribution in [1.29, 1.82) is 0 Å². The fourth-order valence-corrected chi connectivity index (χ4v) is 2.04. The van der Waals surface area contributed by atoms with Crippen LogP contribution in [0.4, 0.5) is 17.6 Å². The van der Waals surface area contributed by atoms with E-state index in [1.165, 1.54) is 17.3 Å². The van der Waals surface area contributed by atoms with Gasteiger partial charge in [-0.1, -0.05) is 30.8 Å². The molecule has 1 heterocycles. The Morgan fingerprint density at radius 1 is 1.28 bits per heavy atom. The summed E-state index contributed by atoms with van der Waals surface area (Å²) in [7, 11) is 0. The van der Waals surface area contributed by atoms with Crippen LogP contribution in [0.15, 0.2) is 29.4 Å². The molecule has 18 heavy (non-hydrogen) atoms. The molecule has 0 aliphatic heterocycles. The van der Waals surface area contributed by atoms with Crippen molar-refractivity contribution < 1.29 is 0 Å². The largest absolute Gasteiger partial charge is 0.368 e. The molecule has 0 aliphatic rings. The van der Waals surface area contributed by atoms with E-state index in [0.717, 1.165) is 11.4 Å². The number of aryl methyl sites for hydroxylation is 1. The lowest BCUT2D eigenvalue weighted by atomic mass is 10.2. The Balaban J connectivity index is 2.23. The average Bonchev–Trinajstić information content (AvgIpc) is 2.28. The monoisotopic (exact) mass is 261 g/mol. The lowest BCUT2D eigenvalue weighted by molar-refractivity contribution is 0.925. The lowest BCUT2D eigenvalue weighted by Gasteiger charge is -2.07. The molecular weight excluding hydrogens is 246 g/mol. The summed E-state index contributed by atoms with van der Waals surface area (Å²) >= 11 is 1.54. The van der Waals surface area contributed by atoms with Crippen LogP contribution >= 0.6 is 11.8 Å². The van der Waals surface area contributed by atoms with E-state index in [4.69, 9.17) is 5.73 Å². The summed E-state index contributed by atoms with van der Waals surface area (Å²) in [6, 6.07) is 7.99. The van der Waals surface area contributed by atoms with Gasteiger partial charge in [0, 0.05) is 5.69 Å². The first kappa shape index (κ1) is 12.6. The molecule has 3 N–H and O–H groups in total. The van der Waals surface area contributed by atoms with Crippen molar-refractivity contribution in [2.75, 3.05) is 16.8 Å². The summed E-state index contributed by atoms with van der Waals surface area (Å²) in [5.41, 5.74) is 7.77. The Morgan fingerprint density at radius 3 is 2.83 bits per heavy atom. The predicted molar refractivity (Wildman–Crippen MR) is 75.1 cm³/mol. The number of hydrogen-bond acceptors (Lipinski definition) is 6. The first-order valence-corrected chi connectivity index (χ1v) is 6.64. The number of hydrogen-bond donors (Lipinski definition) is 2. The SMILES string of the molecule is CCSc1nc(N)nc(Nc2cccc(C)c2)n1. The Kier molecular flexibility index (Phi) is 3.99. The highest BCUT2D eigenvalue weighted by molar-refractivity contribution is 7.99. The van der Waals surface area contributed by atoms with Gasteiger partial charge in [-0.2, -0.15) is 15.0 Å². The van der Waals surface area contributed by atoms with Gasteiger partial charge in [-0.3, -0.25) is 0 Å². The standard InChI is InChI=1S/C12H15N5S/c1-3-18-12-16-10(13)15-11(17-12)14-9-6-4-5-8(2)7-9/h4-7H,3H2,1-2H3,(H3,13,14,15,16,17). The number of nitrogens with zero attached hydrogens (tertiary/aromatic N) is 3. The number of benzene rings is 1. The molecule has 2 rings (SSSR count). The molecular formula is C12H15N5S. The highest BCUT2D eigenvalue weighted by Gasteiger charge is 2.04. The van der Waals surface area contributed by atoms with Crippen molar-refractivity contribution in [3.05, 3.63) is 29.8 Å². The summed E-state index contributed by atoms with van der Waals surface area (Å²) in [6.45, 7) is 4.07. The van der Waals surface area contributed by atoms with Gasteiger partial charge in [0.1, 0.15) is 0 Å². The molecule has 0 atom stereocenters. The van der Waals surface area contributed by atoms with Gasteiger partial charge in [0.15, 0.2) is 5.16 Å². The molecule has 0 saturated heterocycles. The Hall–Kier alpha value is -1.82. The molecule has 1 aromatic heterocycles.